The maximum absolute atomic E-state index is 10.9. The fourth-order valence-corrected chi connectivity index (χ4v) is 1.20. The predicted molar refractivity (Wildman–Crippen MR) is 50.2 cm³/mol. The van der Waals surface area contributed by atoms with Crippen molar-refractivity contribution in [3.63, 3.8) is 0 Å². The van der Waals surface area contributed by atoms with Gasteiger partial charge in [0.25, 0.3) is 5.91 Å². The third-order valence-corrected chi connectivity index (χ3v) is 2.65. The van der Waals surface area contributed by atoms with Crippen molar-refractivity contribution < 1.29 is 19.5 Å². The van der Waals surface area contributed by atoms with Crippen molar-refractivity contribution in [3.8, 4) is 0 Å². The topological polar surface area (TPSA) is 66.8 Å². The Morgan fingerprint density at radius 1 is 1.83 bits per heavy atom. The maximum atomic E-state index is 10.9. The van der Waals surface area contributed by atoms with Crippen molar-refractivity contribution in [2.45, 2.75) is 19.1 Å². The summed E-state index contributed by atoms with van der Waals surface area (Å²) in [5, 5.41) is 9.23. The van der Waals surface area contributed by atoms with E-state index in [2.05, 4.69) is 4.84 Å². The lowest BCUT2D eigenvalue weighted by atomic mass is 10.4. The van der Waals surface area contributed by atoms with Crippen LogP contribution in [0.4, 0.5) is 4.79 Å². The zero-order valence-corrected chi connectivity index (χ0v) is 8.87. The summed E-state index contributed by atoms with van der Waals surface area (Å²) < 4.78 is 0. The minimum atomic E-state index is -0.981. The molecule has 0 aromatic carbocycles. The van der Waals surface area contributed by atoms with E-state index in [1.54, 1.807) is 21.2 Å². The highest BCUT2D eigenvalue weighted by Crippen LogP contribution is 2.21. The van der Waals surface area contributed by atoms with Crippen LogP contribution in [0.2, 0.25) is 0 Å². The molecule has 1 aliphatic heterocycles. The number of carbonyl (C=O) groups is 2. The van der Waals surface area contributed by atoms with E-state index in [0.717, 1.165) is 8.93 Å². The van der Waals surface area contributed by atoms with Crippen molar-refractivity contribution in [1.29, 1.82) is 0 Å². The molecule has 1 N–H and O–H groups in total. The molecule has 0 radical (unpaired) electrons. The SMILES string of the molecule is O=C(ON1C(=O)CCC1O)SI. The van der Waals surface area contributed by atoms with Crippen molar-refractivity contribution >= 4 is 41.3 Å². The summed E-state index contributed by atoms with van der Waals surface area (Å²) in [6.07, 6.45) is -0.441. The highest BCUT2D eigenvalue weighted by molar-refractivity contribution is 14.2. The predicted octanol–water partition coefficient (Wildman–Crippen LogP) is 1.06. The van der Waals surface area contributed by atoms with Gasteiger partial charge in [0.2, 0.25) is 0 Å². The van der Waals surface area contributed by atoms with Gasteiger partial charge in [-0.25, -0.2) is 4.79 Å². The van der Waals surface area contributed by atoms with E-state index in [1.165, 1.54) is 0 Å². The number of aliphatic hydroxyl groups is 1. The molecule has 5 nitrogen and oxygen atoms in total. The molecule has 1 aliphatic rings. The summed E-state index contributed by atoms with van der Waals surface area (Å²) in [6.45, 7) is 0. The molecule has 1 amide bonds. The van der Waals surface area contributed by atoms with E-state index in [-0.39, 0.29) is 12.3 Å². The molecule has 0 bridgehead atoms. The van der Waals surface area contributed by atoms with Crippen molar-refractivity contribution in [1.82, 2.24) is 5.06 Å². The zero-order chi connectivity index (χ0) is 9.14. The van der Waals surface area contributed by atoms with Crippen molar-refractivity contribution in [2.24, 2.45) is 0 Å². The largest absolute Gasteiger partial charge is 0.402 e. The third kappa shape index (κ3) is 2.23. The van der Waals surface area contributed by atoms with Crippen LogP contribution in [0.15, 0.2) is 0 Å². The lowest BCUT2D eigenvalue weighted by Gasteiger charge is -2.17. The van der Waals surface area contributed by atoms with Crippen molar-refractivity contribution in [2.75, 3.05) is 0 Å². The number of hydrogen-bond acceptors (Lipinski definition) is 5. The number of amides is 1. The second-order valence-corrected chi connectivity index (χ2v) is 3.97. The first-order valence-electron chi connectivity index (χ1n) is 3.16. The van der Waals surface area contributed by atoms with Gasteiger partial charge in [0.1, 0.15) is 0 Å². The second kappa shape index (κ2) is 4.28. The number of hydroxylamine groups is 2. The van der Waals surface area contributed by atoms with Gasteiger partial charge in [-0.3, -0.25) is 4.79 Å². The molecule has 68 valence electrons. The molecule has 0 saturated carbocycles. The van der Waals surface area contributed by atoms with Gasteiger partial charge >= 0.3 is 5.30 Å². The van der Waals surface area contributed by atoms with Crippen LogP contribution in [0.25, 0.3) is 0 Å². The van der Waals surface area contributed by atoms with Crippen LogP contribution in [0.3, 0.4) is 0 Å². The lowest BCUT2D eigenvalue weighted by Crippen LogP contribution is -2.33. The third-order valence-electron chi connectivity index (χ3n) is 1.37. The lowest BCUT2D eigenvalue weighted by molar-refractivity contribution is -0.185. The first-order valence-corrected chi connectivity index (χ1v) is 6.51. The summed E-state index contributed by atoms with van der Waals surface area (Å²) in [4.78, 5) is 26.1. The molecule has 0 aromatic heterocycles. The Morgan fingerprint density at radius 2 is 2.50 bits per heavy atom. The number of halogens is 1. The quantitative estimate of drug-likeness (QED) is 0.734. The fourth-order valence-electron chi connectivity index (χ4n) is 0.852. The molecule has 1 heterocycles. The zero-order valence-electron chi connectivity index (χ0n) is 5.90. The highest BCUT2D eigenvalue weighted by Gasteiger charge is 2.32. The molecule has 0 aliphatic carbocycles. The monoisotopic (exact) mass is 303 g/mol. The van der Waals surface area contributed by atoms with Crippen LogP contribution >= 0.6 is 30.1 Å². The van der Waals surface area contributed by atoms with Crippen LogP contribution < -0.4 is 0 Å². The number of carbonyl (C=O) groups excluding carboxylic acids is 2. The first kappa shape index (κ1) is 10.1. The number of rotatable bonds is 1. The maximum Gasteiger partial charge on any atom is 0.402 e. The Kier molecular flexibility index (Phi) is 3.59. The Hall–Kier alpha value is -0.0200. The molecule has 1 fully saturated rings. The van der Waals surface area contributed by atoms with Gasteiger partial charge in [0, 0.05) is 43.0 Å². The van der Waals surface area contributed by atoms with E-state index in [1.807, 2.05) is 0 Å². The Labute approximate surface area is 85.0 Å². The smallest absolute Gasteiger partial charge is 0.370 e. The van der Waals surface area contributed by atoms with Gasteiger partial charge in [0.15, 0.2) is 6.23 Å². The molecular formula is C5H6INO4S. The van der Waals surface area contributed by atoms with Crippen molar-refractivity contribution in [3.05, 3.63) is 0 Å². The average molecular weight is 303 g/mol. The van der Waals surface area contributed by atoms with Crippen LogP contribution in [0.5, 0.6) is 0 Å². The Balaban J connectivity index is 2.50. The summed E-state index contributed by atoms with van der Waals surface area (Å²) in [5.41, 5.74) is 0. The van der Waals surface area contributed by atoms with Crippen LogP contribution in [0.1, 0.15) is 12.8 Å². The second-order valence-electron chi connectivity index (χ2n) is 2.16. The van der Waals surface area contributed by atoms with Gasteiger partial charge in [0.05, 0.1) is 0 Å². The summed E-state index contributed by atoms with van der Waals surface area (Å²) in [5.74, 6) is -0.360. The van der Waals surface area contributed by atoms with E-state index < -0.39 is 11.5 Å². The van der Waals surface area contributed by atoms with Gasteiger partial charge in [-0.1, -0.05) is 0 Å². The summed E-state index contributed by atoms with van der Waals surface area (Å²) >= 11 is 1.74. The Bertz CT molecular complexity index is 212. The van der Waals surface area contributed by atoms with Crippen LogP contribution in [-0.4, -0.2) is 27.6 Å². The van der Waals surface area contributed by atoms with Gasteiger partial charge < -0.3 is 9.94 Å². The van der Waals surface area contributed by atoms with Gasteiger partial charge in [-0.05, 0) is 0 Å². The summed E-state index contributed by atoms with van der Waals surface area (Å²) in [6, 6.07) is 0. The Morgan fingerprint density at radius 3 is 2.92 bits per heavy atom. The number of aliphatic hydroxyl groups excluding tert-OH is 1. The molecule has 0 aromatic rings. The molecule has 12 heavy (non-hydrogen) atoms. The molecule has 1 atom stereocenters. The van der Waals surface area contributed by atoms with E-state index in [4.69, 9.17) is 5.11 Å². The number of nitrogens with zero attached hydrogens (tertiary/aromatic N) is 1. The minimum absolute atomic E-state index is 0.223. The van der Waals surface area contributed by atoms with Crippen LogP contribution in [0, 0.1) is 0 Å². The normalized spacial score (nSPS) is 23.0. The molecule has 7 heteroatoms. The summed E-state index contributed by atoms with van der Waals surface area (Å²) in [7, 11) is 0.820. The van der Waals surface area contributed by atoms with E-state index in [0.29, 0.717) is 11.5 Å². The average Bonchev–Trinajstić information content (AvgIpc) is 2.35. The molecule has 1 unspecified atom stereocenters. The van der Waals surface area contributed by atoms with E-state index >= 15 is 0 Å². The standard InChI is InChI=1S/C5H6INO4S/c6-12-5(10)11-7-3(8)1-2-4(7)9/h3,8H,1-2H2. The molecule has 1 rings (SSSR count). The number of hydrogen-bond donors (Lipinski definition) is 1. The highest BCUT2D eigenvalue weighted by atomic mass is 127. The molecular weight excluding hydrogens is 297 g/mol. The minimum Gasteiger partial charge on any atom is -0.370 e. The fraction of sp³-hybridized carbons (Fsp3) is 0.600. The van der Waals surface area contributed by atoms with Crippen LogP contribution in [-0.2, 0) is 9.63 Å². The molecule has 0 spiro atoms. The molecule has 1 saturated heterocycles. The van der Waals surface area contributed by atoms with E-state index in [9.17, 15) is 9.59 Å². The first-order chi connectivity index (χ1) is 5.65. The van der Waals surface area contributed by atoms with Gasteiger partial charge in [-0.2, -0.15) is 0 Å². The van der Waals surface area contributed by atoms with Gasteiger partial charge in [-0.15, -0.1) is 5.06 Å².